The van der Waals surface area contributed by atoms with Crippen LogP contribution in [-0.4, -0.2) is 5.91 Å². The molecule has 0 heterocycles. The molecule has 0 unspecified atom stereocenters. The first-order valence-electron chi connectivity index (χ1n) is 5.48. The summed E-state index contributed by atoms with van der Waals surface area (Å²) in [5, 5.41) is 11.0. The number of nitrogens with one attached hydrogen (secondary N) is 1. The van der Waals surface area contributed by atoms with Crippen LogP contribution in [0.1, 0.15) is 15.9 Å². The van der Waals surface area contributed by atoms with Crippen LogP contribution >= 0.6 is 11.6 Å². The van der Waals surface area contributed by atoms with Crippen LogP contribution in [0.15, 0.2) is 36.4 Å². The maximum atomic E-state index is 13.3. The summed E-state index contributed by atoms with van der Waals surface area (Å²) in [5.74, 6) is -2.00. The highest BCUT2D eigenvalue weighted by Crippen LogP contribution is 2.22. The summed E-state index contributed by atoms with van der Waals surface area (Å²) in [6.45, 7) is 0. The summed E-state index contributed by atoms with van der Waals surface area (Å²) in [6, 6.07) is 8.90. The van der Waals surface area contributed by atoms with Gasteiger partial charge in [-0.2, -0.15) is 5.26 Å². The van der Waals surface area contributed by atoms with E-state index in [4.69, 9.17) is 16.9 Å². The summed E-state index contributed by atoms with van der Waals surface area (Å²) in [6.07, 6.45) is 0. The molecule has 0 saturated heterocycles. The summed E-state index contributed by atoms with van der Waals surface area (Å²) in [7, 11) is 0. The molecule has 0 aromatic heterocycles. The van der Waals surface area contributed by atoms with Gasteiger partial charge < -0.3 is 5.32 Å². The largest absolute Gasteiger partial charge is 0.321 e. The quantitative estimate of drug-likeness (QED) is 0.916. The van der Waals surface area contributed by atoms with E-state index in [-0.39, 0.29) is 21.8 Å². The third-order valence-electron chi connectivity index (χ3n) is 2.55. The molecule has 100 valence electrons. The van der Waals surface area contributed by atoms with Gasteiger partial charge in [-0.25, -0.2) is 8.78 Å². The molecular weight excluding hydrogens is 286 g/mol. The number of halogens is 3. The van der Waals surface area contributed by atoms with Crippen LogP contribution in [0.25, 0.3) is 0 Å². The van der Waals surface area contributed by atoms with Crippen LogP contribution in [-0.2, 0) is 0 Å². The van der Waals surface area contributed by atoms with Gasteiger partial charge >= 0.3 is 0 Å². The Kier molecular flexibility index (Phi) is 3.97. The zero-order chi connectivity index (χ0) is 14.7. The number of nitriles is 1. The van der Waals surface area contributed by atoms with Crippen molar-refractivity contribution in [3.63, 3.8) is 0 Å². The first-order chi connectivity index (χ1) is 9.52. The molecule has 0 aliphatic heterocycles. The van der Waals surface area contributed by atoms with Crippen molar-refractivity contribution < 1.29 is 13.6 Å². The second-order valence-electron chi connectivity index (χ2n) is 3.86. The van der Waals surface area contributed by atoms with Crippen molar-refractivity contribution in [3.05, 3.63) is 64.2 Å². The second-order valence-corrected chi connectivity index (χ2v) is 4.24. The Morgan fingerprint density at radius 3 is 2.70 bits per heavy atom. The monoisotopic (exact) mass is 292 g/mol. The third-order valence-corrected chi connectivity index (χ3v) is 2.93. The summed E-state index contributed by atoms with van der Waals surface area (Å²) < 4.78 is 26.2. The van der Waals surface area contributed by atoms with Crippen molar-refractivity contribution in [2.45, 2.75) is 0 Å². The summed E-state index contributed by atoms with van der Waals surface area (Å²) in [5.41, 5.74) is 0.0185. The normalized spacial score (nSPS) is 9.90. The molecule has 0 aliphatic carbocycles. The van der Waals surface area contributed by atoms with Gasteiger partial charge in [-0.3, -0.25) is 4.79 Å². The number of benzene rings is 2. The lowest BCUT2D eigenvalue weighted by molar-refractivity contribution is 0.102. The topological polar surface area (TPSA) is 52.9 Å². The fraction of sp³-hybridized carbons (Fsp3) is 0. The smallest absolute Gasteiger partial charge is 0.257 e. The Morgan fingerprint density at radius 1 is 1.25 bits per heavy atom. The van der Waals surface area contributed by atoms with E-state index >= 15 is 0 Å². The number of rotatable bonds is 2. The van der Waals surface area contributed by atoms with E-state index in [9.17, 15) is 13.6 Å². The number of hydrogen-bond acceptors (Lipinski definition) is 2. The Labute approximate surface area is 118 Å². The minimum Gasteiger partial charge on any atom is -0.321 e. The number of carbonyl (C=O) groups excluding carboxylic acids is 1. The number of hydrogen-bond donors (Lipinski definition) is 1. The molecule has 0 aliphatic rings. The predicted octanol–water partition coefficient (Wildman–Crippen LogP) is 3.74. The standard InChI is InChI=1S/C14H7ClF2N2O/c15-13-10(2-1-3-11(13)17)14(20)19-12-5-4-9(16)6-8(12)7-18/h1-6H,(H,19,20). The second kappa shape index (κ2) is 5.68. The van der Waals surface area contributed by atoms with Gasteiger partial charge in [-0.15, -0.1) is 0 Å². The van der Waals surface area contributed by atoms with Gasteiger partial charge in [-0.05, 0) is 30.3 Å². The first-order valence-corrected chi connectivity index (χ1v) is 5.85. The highest BCUT2D eigenvalue weighted by Gasteiger charge is 2.15. The minimum atomic E-state index is -0.723. The van der Waals surface area contributed by atoms with E-state index in [1.807, 2.05) is 0 Å². The average Bonchev–Trinajstić information content (AvgIpc) is 2.43. The van der Waals surface area contributed by atoms with Gasteiger partial charge in [0, 0.05) is 0 Å². The van der Waals surface area contributed by atoms with Crippen molar-refractivity contribution in [1.82, 2.24) is 0 Å². The lowest BCUT2D eigenvalue weighted by atomic mass is 10.1. The molecule has 0 fully saturated rings. The molecule has 3 nitrogen and oxygen atoms in total. The lowest BCUT2D eigenvalue weighted by Crippen LogP contribution is -2.14. The van der Waals surface area contributed by atoms with Crippen LogP contribution in [0.4, 0.5) is 14.5 Å². The molecule has 0 atom stereocenters. The fourth-order valence-corrected chi connectivity index (χ4v) is 1.80. The summed E-state index contributed by atoms with van der Waals surface area (Å²) in [4.78, 5) is 12.0. The van der Waals surface area contributed by atoms with Gasteiger partial charge in [0.25, 0.3) is 5.91 Å². The van der Waals surface area contributed by atoms with Gasteiger partial charge in [-0.1, -0.05) is 17.7 Å². The molecule has 6 heteroatoms. The molecule has 1 N–H and O–H groups in total. The van der Waals surface area contributed by atoms with Gasteiger partial charge in [0.05, 0.1) is 21.8 Å². The summed E-state index contributed by atoms with van der Waals surface area (Å²) >= 11 is 5.69. The third kappa shape index (κ3) is 2.76. The van der Waals surface area contributed by atoms with Gasteiger partial charge in [0.2, 0.25) is 0 Å². The van der Waals surface area contributed by atoms with E-state index in [0.717, 1.165) is 18.2 Å². The maximum absolute atomic E-state index is 13.3. The van der Waals surface area contributed by atoms with Crippen molar-refractivity contribution in [2.24, 2.45) is 0 Å². The average molecular weight is 293 g/mol. The van der Waals surface area contributed by atoms with E-state index in [1.165, 1.54) is 18.2 Å². The number of amides is 1. The van der Waals surface area contributed by atoms with Gasteiger partial charge in [0.1, 0.15) is 17.7 Å². The van der Waals surface area contributed by atoms with E-state index < -0.39 is 17.5 Å². The minimum absolute atomic E-state index is 0.0362. The Bertz CT molecular complexity index is 726. The van der Waals surface area contributed by atoms with Crippen LogP contribution in [0, 0.1) is 23.0 Å². The van der Waals surface area contributed by atoms with Crippen LogP contribution < -0.4 is 5.32 Å². The SMILES string of the molecule is N#Cc1cc(F)ccc1NC(=O)c1cccc(F)c1Cl. The molecule has 0 radical (unpaired) electrons. The number of anilines is 1. The molecular formula is C14H7ClF2N2O. The van der Waals surface area contributed by atoms with E-state index in [1.54, 1.807) is 6.07 Å². The highest BCUT2D eigenvalue weighted by molar-refractivity contribution is 6.34. The molecule has 0 saturated carbocycles. The molecule has 20 heavy (non-hydrogen) atoms. The van der Waals surface area contributed by atoms with Crippen molar-refractivity contribution >= 4 is 23.2 Å². The van der Waals surface area contributed by atoms with Crippen LogP contribution in [0.5, 0.6) is 0 Å². The number of carbonyl (C=O) groups is 1. The first kappa shape index (κ1) is 14.0. The highest BCUT2D eigenvalue weighted by atomic mass is 35.5. The van der Waals surface area contributed by atoms with Crippen molar-refractivity contribution in [1.29, 1.82) is 5.26 Å². The fourth-order valence-electron chi connectivity index (χ4n) is 1.59. The predicted molar refractivity (Wildman–Crippen MR) is 70.5 cm³/mol. The number of nitrogens with zero attached hydrogens (tertiary/aromatic N) is 1. The van der Waals surface area contributed by atoms with Crippen LogP contribution in [0.2, 0.25) is 5.02 Å². The van der Waals surface area contributed by atoms with Crippen molar-refractivity contribution in [3.8, 4) is 6.07 Å². The molecule has 2 rings (SSSR count). The molecule has 0 spiro atoms. The Hall–Kier alpha value is -2.45. The Balaban J connectivity index is 2.33. The molecule has 0 bridgehead atoms. The van der Waals surface area contributed by atoms with Crippen LogP contribution in [0.3, 0.4) is 0 Å². The van der Waals surface area contributed by atoms with Gasteiger partial charge in [0.15, 0.2) is 0 Å². The lowest BCUT2D eigenvalue weighted by Gasteiger charge is -2.08. The van der Waals surface area contributed by atoms with E-state index in [2.05, 4.69) is 5.32 Å². The molecule has 1 amide bonds. The molecule has 2 aromatic carbocycles. The van der Waals surface area contributed by atoms with Crippen molar-refractivity contribution in [2.75, 3.05) is 5.32 Å². The maximum Gasteiger partial charge on any atom is 0.257 e. The van der Waals surface area contributed by atoms with E-state index in [0.29, 0.717) is 0 Å². The molecule has 2 aromatic rings. The Morgan fingerprint density at radius 2 is 2.00 bits per heavy atom. The zero-order valence-corrected chi connectivity index (χ0v) is 10.7. The zero-order valence-electron chi connectivity index (χ0n) is 9.95.